The van der Waals surface area contributed by atoms with Gasteiger partial charge in [0.2, 0.25) is 0 Å². The molecule has 2 heteroatoms. The van der Waals surface area contributed by atoms with Crippen LogP contribution in [0.2, 0.25) is 0 Å². The second-order valence-corrected chi connectivity index (χ2v) is 2.97. The monoisotopic (exact) mass is 166 g/mol. The highest BCUT2D eigenvalue weighted by atomic mass is 19.1. The van der Waals surface area contributed by atoms with Gasteiger partial charge in [0.15, 0.2) is 0 Å². The van der Waals surface area contributed by atoms with Crippen LogP contribution in [0.4, 0.5) is 4.39 Å². The minimum atomic E-state index is -0.125. The van der Waals surface area contributed by atoms with Crippen molar-refractivity contribution in [3.63, 3.8) is 0 Å². The first-order valence-electron chi connectivity index (χ1n) is 4.26. The van der Waals surface area contributed by atoms with E-state index < -0.39 is 0 Å². The second-order valence-electron chi connectivity index (χ2n) is 2.97. The molecule has 0 aromatic heterocycles. The molecule has 0 saturated heterocycles. The lowest BCUT2D eigenvalue weighted by Gasteiger charge is -2.05. The predicted molar refractivity (Wildman–Crippen MR) is 45.0 cm³/mol. The number of fused-ring (bicyclic) bond motifs is 1. The highest BCUT2D eigenvalue weighted by Gasteiger charge is 2.18. The van der Waals surface area contributed by atoms with Crippen molar-refractivity contribution in [1.82, 2.24) is 0 Å². The molecular weight excluding hydrogens is 155 g/mol. The Morgan fingerprint density at radius 1 is 1.50 bits per heavy atom. The zero-order valence-electron chi connectivity index (χ0n) is 7.06. The Balaban J connectivity index is 2.57. The standard InChI is InChI=1S/C10H11FO/c1-2-7-3-4-9(11)8-5-6-12-10(7)8/h3-4H,2,5-6H2,1H3. The van der Waals surface area contributed by atoms with Crippen LogP contribution < -0.4 is 4.74 Å². The molecule has 0 radical (unpaired) electrons. The van der Waals surface area contributed by atoms with Crippen molar-refractivity contribution in [1.29, 1.82) is 0 Å². The van der Waals surface area contributed by atoms with Crippen molar-refractivity contribution in [3.8, 4) is 5.75 Å². The zero-order valence-corrected chi connectivity index (χ0v) is 7.06. The Labute approximate surface area is 71.2 Å². The van der Waals surface area contributed by atoms with E-state index in [1.54, 1.807) is 6.07 Å². The van der Waals surface area contributed by atoms with Crippen molar-refractivity contribution in [2.45, 2.75) is 19.8 Å². The summed E-state index contributed by atoms with van der Waals surface area (Å²) in [5.41, 5.74) is 1.87. The van der Waals surface area contributed by atoms with Gasteiger partial charge in [-0.05, 0) is 18.1 Å². The summed E-state index contributed by atoms with van der Waals surface area (Å²) in [5, 5.41) is 0. The molecule has 1 heterocycles. The Bertz CT molecular complexity index is 307. The molecule has 1 aliphatic rings. The molecule has 1 nitrogen and oxygen atoms in total. The summed E-state index contributed by atoms with van der Waals surface area (Å²) in [6.07, 6.45) is 1.62. The molecule has 0 N–H and O–H groups in total. The fourth-order valence-electron chi connectivity index (χ4n) is 1.60. The van der Waals surface area contributed by atoms with E-state index in [0.717, 1.165) is 29.7 Å². The van der Waals surface area contributed by atoms with E-state index in [1.165, 1.54) is 6.07 Å². The van der Waals surface area contributed by atoms with Crippen LogP contribution in [0.25, 0.3) is 0 Å². The quantitative estimate of drug-likeness (QED) is 0.622. The third kappa shape index (κ3) is 0.986. The number of halogens is 1. The second kappa shape index (κ2) is 2.77. The number of benzene rings is 1. The molecule has 1 aromatic rings. The van der Waals surface area contributed by atoms with Crippen LogP contribution >= 0.6 is 0 Å². The molecule has 1 aliphatic heterocycles. The summed E-state index contributed by atoms with van der Waals surface area (Å²) in [4.78, 5) is 0. The fraction of sp³-hybridized carbons (Fsp3) is 0.400. The molecule has 0 unspecified atom stereocenters. The molecule has 12 heavy (non-hydrogen) atoms. The van der Waals surface area contributed by atoms with Crippen molar-refractivity contribution >= 4 is 0 Å². The fourth-order valence-corrected chi connectivity index (χ4v) is 1.60. The van der Waals surface area contributed by atoms with Crippen LogP contribution in [0.3, 0.4) is 0 Å². The lowest BCUT2D eigenvalue weighted by atomic mass is 10.1. The van der Waals surface area contributed by atoms with Gasteiger partial charge in [0, 0.05) is 12.0 Å². The first-order chi connectivity index (χ1) is 5.83. The summed E-state index contributed by atoms with van der Waals surface area (Å²) in [7, 11) is 0. The van der Waals surface area contributed by atoms with Gasteiger partial charge in [-0.2, -0.15) is 0 Å². The number of hydrogen-bond acceptors (Lipinski definition) is 1. The lowest BCUT2D eigenvalue weighted by Crippen LogP contribution is -1.90. The van der Waals surface area contributed by atoms with E-state index >= 15 is 0 Å². The maximum Gasteiger partial charge on any atom is 0.130 e. The number of ether oxygens (including phenoxy) is 1. The molecule has 0 saturated carbocycles. The van der Waals surface area contributed by atoms with Crippen molar-refractivity contribution in [3.05, 3.63) is 29.1 Å². The normalized spacial score (nSPS) is 14.2. The maximum atomic E-state index is 13.1. The van der Waals surface area contributed by atoms with Gasteiger partial charge in [0.25, 0.3) is 0 Å². The average Bonchev–Trinajstić information content (AvgIpc) is 2.54. The molecule has 0 amide bonds. The van der Waals surface area contributed by atoms with Crippen molar-refractivity contribution < 1.29 is 9.13 Å². The highest BCUT2D eigenvalue weighted by Crippen LogP contribution is 2.31. The molecule has 0 spiro atoms. The molecule has 0 aliphatic carbocycles. The van der Waals surface area contributed by atoms with Crippen LogP contribution in [0.15, 0.2) is 12.1 Å². The molecular formula is C10H11FO. The minimum absolute atomic E-state index is 0.125. The Morgan fingerprint density at radius 2 is 2.33 bits per heavy atom. The van der Waals surface area contributed by atoms with Crippen LogP contribution in [0.5, 0.6) is 5.75 Å². The topological polar surface area (TPSA) is 9.23 Å². The third-order valence-corrected chi connectivity index (χ3v) is 2.26. The van der Waals surface area contributed by atoms with Crippen molar-refractivity contribution in [2.75, 3.05) is 6.61 Å². The van der Waals surface area contributed by atoms with Gasteiger partial charge in [-0.25, -0.2) is 4.39 Å². The first kappa shape index (κ1) is 7.59. The van der Waals surface area contributed by atoms with E-state index in [0.29, 0.717) is 6.61 Å². The molecule has 1 aromatic carbocycles. The Hall–Kier alpha value is -1.05. The van der Waals surface area contributed by atoms with Crippen molar-refractivity contribution in [2.24, 2.45) is 0 Å². The summed E-state index contributed by atoms with van der Waals surface area (Å²) >= 11 is 0. The molecule has 2 rings (SSSR count). The van der Waals surface area contributed by atoms with Crippen LogP contribution in [-0.2, 0) is 12.8 Å². The molecule has 0 bridgehead atoms. The SMILES string of the molecule is CCc1ccc(F)c2c1OCC2. The van der Waals surface area contributed by atoms with Gasteiger partial charge in [-0.1, -0.05) is 13.0 Å². The summed E-state index contributed by atoms with van der Waals surface area (Å²) < 4.78 is 18.5. The molecule has 0 atom stereocenters. The Morgan fingerprint density at radius 3 is 3.08 bits per heavy atom. The van der Waals surface area contributed by atoms with Gasteiger partial charge in [-0.3, -0.25) is 0 Å². The van der Waals surface area contributed by atoms with Gasteiger partial charge in [-0.15, -0.1) is 0 Å². The highest BCUT2D eigenvalue weighted by molar-refractivity contribution is 5.44. The first-order valence-corrected chi connectivity index (χ1v) is 4.26. The smallest absolute Gasteiger partial charge is 0.130 e. The van der Waals surface area contributed by atoms with E-state index in [-0.39, 0.29) is 5.82 Å². The number of hydrogen-bond donors (Lipinski definition) is 0. The summed E-state index contributed by atoms with van der Waals surface area (Å²) in [6, 6.07) is 3.34. The number of rotatable bonds is 1. The number of aryl methyl sites for hydroxylation is 1. The van der Waals surface area contributed by atoms with E-state index in [9.17, 15) is 4.39 Å². The van der Waals surface area contributed by atoms with E-state index in [1.807, 2.05) is 0 Å². The van der Waals surface area contributed by atoms with Gasteiger partial charge >= 0.3 is 0 Å². The maximum absolute atomic E-state index is 13.1. The van der Waals surface area contributed by atoms with E-state index in [4.69, 9.17) is 4.74 Å². The Kier molecular flexibility index (Phi) is 1.75. The summed E-state index contributed by atoms with van der Waals surface area (Å²) in [6.45, 7) is 2.68. The minimum Gasteiger partial charge on any atom is -0.493 e. The van der Waals surface area contributed by atoms with Crippen LogP contribution in [0.1, 0.15) is 18.1 Å². The largest absolute Gasteiger partial charge is 0.493 e. The zero-order chi connectivity index (χ0) is 8.55. The molecule has 0 fully saturated rings. The lowest BCUT2D eigenvalue weighted by molar-refractivity contribution is 0.353. The van der Waals surface area contributed by atoms with Gasteiger partial charge < -0.3 is 4.74 Å². The van der Waals surface area contributed by atoms with Crippen LogP contribution in [0, 0.1) is 5.82 Å². The predicted octanol–water partition coefficient (Wildman–Crippen LogP) is 2.32. The van der Waals surface area contributed by atoms with Gasteiger partial charge in [0.05, 0.1) is 6.61 Å². The summed E-state index contributed by atoms with van der Waals surface area (Å²) in [5.74, 6) is 0.664. The molecule has 64 valence electrons. The van der Waals surface area contributed by atoms with Crippen LogP contribution in [-0.4, -0.2) is 6.61 Å². The van der Waals surface area contributed by atoms with E-state index in [2.05, 4.69) is 6.92 Å². The van der Waals surface area contributed by atoms with Gasteiger partial charge in [0.1, 0.15) is 11.6 Å². The third-order valence-electron chi connectivity index (χ3n) is 2.26. The average molecular weight is 166 g/mol.